The lowest BCUT2D eigenvalue weighted by Gasteiger charge is -2.44. The number of amides is 11. The number of nitrogens with zero attached hydrogens (tertiary/aromatic N) is 7. The Kier molecular flexibility index (Phi) is 28.5. The molecule has 4 N–H and O–H groups in total. The van der Waals surface area contributed by atoms with Crippen LogP contribution in [0.4, 0.5) is 17.6 Å². The van der Waals surface area contributed by atoms with E-state index in [0.717, 1.165) is 48.0 Å². The third-order valence-corrected chi connectivity index (χ3v) is 18.7. The summed E-state index contributed by atoms with van der Waals surface area (Å²) in [6.07, 6.45) is -0.303. The van der Waals surface area contributed by atoms with Gasteiger partial charge in [-0.15, -0.1) is 0 Å². The summed E-state index contributed by atoms with van der Waals surface area (Å²) in [5.41, 5.74) is -3.19. The van der Waals surface area contributed by atoms with Crippen LogP contribution in [0.2, 0.25) is 0 Å². The van der Waals surface area contributed by atoms with Crippen molar-refractivity contribution < 1.29 is 70.3 Å². The SMILES string of the molecule is CC[C@H](C)[C@@H]1NC(=O)[C@H](CC(C)C)N(C)C(=O)C[C@@H](C)N(C)C(=O)[C@H](CC(C)C)NC(=O)C(C)(C)N(C)C(=O)[C@H](CC(C)C)NC(=O)[C@H](CCc2ccc(C(F)(F)F)c(F)c2)NC(=O)CN(C)C(=O)[C@H](CC2CCCCC2)N(C)C(=O)CN(C)C(=O)[C@@H]2CCN2C1=O. The number of hydrogen-bond donors (Lipinski definition) is 4. The molecule has 1 aromatic carbocycles. The number of benzene rings is 1. The molecule has 0 spiro atoms. The Bertz CT molecular complexity index is 2790. The molecular weight excluding hydrogens is 1200 g/mol. The van der Waals surface area contributed by atoms with Gasteiger partial charge in [-0.1, -0.05) is 100.0 Å². The van der Waals surface area contributed by atoms with Crippen LogP contribution in [0, 0.1) is 35.4 Å². The predicted molar refractivity (Wildman–Crippen MR) is 339 cm³/mol. The third-order valence-electron chi connectivity index (χ3n) is 18.7. The minimum absolute atomic E-state index is 0.00156. The van der Waals surface area contributed by atoms with Crippen molar-refractivity contribution in [3.05, 3.63) is 35.1 Å². The van der Waals surface area contributed by atoms with E-state index in [9.17, 15) is 70.3 Å². The molecule has 1 aliphatic carbocycles. The second kappa shape index (κ2) is 33.8. The maximum Gasteiger partial charge on any atom is 0.419 e. The van der Waals surface area contributed by atoms with E-state index in [-0.39, 0.29) is 87.1 Å². The molecule has 26 heteroatoms. The molecule has 22 nitrogen and oxygen atoms in total. The topological polar surface area (TPSA) is 259 Å². The van der Waals surface area contributed by atoms with Crippen molar-refractivity contribution >= 4 is 65.0 Å². The Morgan fingerprint density at radius 2 is 1.17 bits per heavy atom. The van der Waals surface area contributed by atoms with Crippen LogP contribution < -0.4 is 21.3 Å². The second-order valence-corrected chi connectivity index (χ2v) is 27.8. The zero-order valence-electron chi connectivity index (χ0n) is 57.4. The first kappa shape index (κ1) is 77.6. The summed E-state index contributed by atoms with van der Waals surface area (Å²) in [7, 11) is 8.49. The van der Waals surface area contributed by atoms with Gasteiger partial charge in [0.25, 0.3) is 0 Å². The number of fused-ring (bicyclic) bond motifs is 1. The average Bonchev–Trinajstić information content (AvgIpc) is 0.803. The van der Waals surface area contributed by atoms with Crippen molar-refractivity contribution in [3.63, 3.8) is 0 Å². The summed E-state index contributed by atoms with van der Waals surface area (Å²) >= 11 is 0. The van der Waals surface area contributed by atoms with Gasteiger partial charge >= 0.3 is 6.18 Å². The van der Waals surface area contributed by atoms with E-state index in [1.54, 1.807) is 27.7 Å². The van der Waals surface area contributed by atoms with Gasteiger partial charge in [-0.3, -0.25) is 52.7 Å². The van der Waals surface area contributed by atoms with E-state index in [4.69, 9.17) is 0 Å². The highest BCUT2D eigenvalue weighted by atomic mass is 19.4. The van der Waals surface area contributed by atoms with Gasteiger partial charge in [-0.2, -0.15) is 13.2 Å². The van der Waals surface area contributed by atoms with Crippen LogP contribution in [-0.2, 0) is 65.3 Å². The highest BCUT2D eigenvalue weighted by Crippen LogP contribution is 2.33. The van der Waals surface area contributed by atoms with Crippen LogP contribution in [0.1, 0.15) is 171 Å². The van der Waals surface area contributed by atoms with E-state index in [1.165, 1.54) is 80.6 Å². The molecule has 2 aliphatic heterocycles. The number of rotatable bonds is 13. The summed E-state index contributed by atoms with van der Waals surface area (Å²) in [6, 6.07) is -6.92. The van der Waals surface area contributed by atoms with Crippen LogP contribution in [0.15, 0.2) is 18.2 Å². The zero-order chi connectivity index (χ0) is 69.6. The minimum Gasteiger partial charge on any atom is -0.343 e. The zero-order valence-corrected chi connectivity index (χ0v) is 57.4. The molecule has 92 heavy (non-hydrogen) atoms. The molecule has 0 radical (unpaired) electrons. The molecule has 3 fully saturated rings. The Labute approximate surface area is 541 Å². The third kappa shape index (κ3) is 20.8. The van der Waals surface area contributed by atoms with E-state index >= 15 is 0 Å². The number of halogens is 4. The first-order valence-corrected chi connectivity index (χ1v) is 32.7. The van der Waals surface area contributed by atoms with Crippen molar-refractivity contribution in [1.29, 1.82) is 0 Å². The number of carbonyl (C=O) groups is 11. The van der Waals surface area contributed by atoms with Crippen molar-refractivity contribution in [2.75, 3.05) is 61.9 Å². The molecule has 2 saturated heterocycles. The van der Waals surface area contributed by atoms with Crippen molar-refractivity contribution in [2.24, 2.45) is 29.6 Å². The molecule has 0 bridgehead atoms. The molecule has 4 rings (SSSR count). The number of alkyl halides is 3. The quantitative estimate of drug-likeness (QED) is 0.179. The first-order chi connectivity index (χ1) is 42.7. The fraction of sp³-hybridized carbons (Fsp3) is 0.742. The molecule has 11 amide bonds. The molecule has 9 atom stereocenters. The van der Waals surface area contributed by atoms with Gasteiger partial charge in [0, 0.05) is 61.3 Å². The van der Waals surface area contributed by atoms with E-state index in [1.807, 2.05) is 34.6 Å². The van der Waals surface area contributed by atoms with E-state index < -0.39 is 155 Å². The molecule has 2 heterocycles. The maximum atomic E-state index is 14.9. The summed E-state index contributed by atoms with van der Waals surface area (Å²) in [4.78, 5) is 168. The molecule has 1 saturated carbocycles. The van der Waals surface area contributed by atoms with Crippen LogP contribution in [0.5, 0.6) is 0 Å². The van der Waals surface area contributed by atoms with Gasteiger partial charge in [-0.05, 0) is 113 Å². The normalized spacial score (nSPS) is 26.0. The summed E-state index contributed by atoms with van der Waals surface area (Å²) in [5.74, 6) is -9.83. The lowest BCUT2D eigenvalue weighted by Crippen LogP contribution is -2.65. The lowest BCUT2D eigenvalue weighted by atomic mass is 9.84. The predicted octanol–water partition coefficient (Wildman–Crippen LogP) is 5.53. The van der Waals surface area contributed by atoms with Crippen molar-refractivity contribution in [1.82, 2.24) is 55.6 Å². The number of carbonyl (C=O) groups excluding carboxylic acids is 11. The number of likely N-dealkylation sites (N-methyl/N-ethyl adjacent to an activating group) is 6. The molecular formula is C66H105F4N11O11. The van der Waals surface area contributed by atoms with Crippen LogP contribution >= 0.6 is 0 Å². The Balaban J connectivity index is 1.83. The summed E-state index contributed by atoms with van der Waals surface area (Å²) in [6.45, 7) is 18.2. The van der Waals surface area contributed by atoms with Gasteiger partial charge in [0.2, 0.25) is 65.0 Å². The molecule has 0 aromatic heterocycles. The monoisotopic (exact) mass is 1300 g/mol. The number of nitrogens with one attached hydrogen (secondary N) is 4. The Hall–Kier alpha value is -6.89. The number of aryl methyl sites for hydroxylation is 1. The van der Waals surface area contributed by atoms with Gasteiger partial charge < -0.3 is 55.6 Å². The molecule has 3 aliphatic rings. The van der Waals surface area contributed by atoms with Crippen LogP contribution in [0.25, 0.3) is 0 Å². The van der Waals surface area contributed by atoms with Crippen LogP contribution in [-0.4, -0.2) is 215 Å². The average molecular weight is 1300 g/mol. The van der Waals surface area contributed by atoms with Gasteiger partial charge in [0.15, 0.2) is 0 Å². The van der Waals surface area contributed by atoms with Gasteiger partial charge in [0.1, 0.15) is 53.6 Å². The van der Waals surface area contributed by atoms with E-state index in [0.29, 0.717) is 18.6 Å². The minimum atomic E-state index is -5.00. The van der Waals surface area contributed by atoms with Gasteiger partial charge in [-0.25, -0.2) is 4.39 Å². The molecule has 0 unspecified atom stereocenters. The Morgan fingerprint density at radius 3 is 1.71 bits per heavy atom. The van der Waals surface area contributed by atoms with Crippen LogP contribution in [0.3, 0.4) is 0 Å². The largest absolute Gasteiger partial charge is 0.419 e. The maximum absolute atomic E-state index is 14.9. The van der Waals surface area contributed by atoms with Crippen molar-refractivity contribution in [3.8, 4) is 0 Å². The smallest absolute Gasteiger partial charge is 0.343 e. The summed E-state index contributed by atoms with van der Waals surface area (Å²) in [5, 5.41) is 11.1. The second-order valence-electron chi connectivity index (χ2n) is 27.8. The highest BCUT2D eigenvalue weighted by molar-refractivity contribution is 5.99. The molecule has 518 valence electrons. The molecule has 1 aromatic rings. The summed E-state index contributed by atoms with van der Waals surface area (Å²) < 4.78 is 55.7. The van der Waals surface area contributed by atoms with Crippen molar-refractivity contribution in [2.45, 2.75) is 226 Å². The standard InChI is InChI=1S/C66H105F4N11O11/c1-18-41(8)56-63(91)81-29-28-50(81)61(89)76(13)37-55(84)79(16)52(35-43-22-20-19-21-23-43)62(90)75(12)36-53(82)71-47(27-25-44-24-26-45(46(67)34-44)66(68,69)70)57(85)72-49(31-39(4)5)60(88)80(17)65(10,11)64(92)73-48(30-38(2)3)59(87)77(14)42(9)33-54(83)78(15)51(32-40(6)7)58(86)74-56/h24,26,34,38-43,47-52,56H,18-23,25,27-33,35-37H2,1-17H3,(H,71,82)(H,72,85)(H,73,92)(H,74,86)/t41-,42+,47-,48-,49-,50-,51-,52-,56-/m0/s1. The van der Waals surface area contributed by atoms with Gasteiger partial charge in [0.05, 0.1) is 18.7 Å². The fourth-order valence-corrected chi connectivity index (χ4v) is 12.0. The highest BCUT2D eigenvalue weighted by Gasteiger charge is 2.46. The Morgan fingerprint density at radius 1 is 0.609 bits per heavy atom. The van der Waals surface area contributed by atoms with E-state index in [2.05, 4.69) is 21.3 Å². The fourth-order valence-electron chi connectivity index (χ4n) is 12.0. The number of hydrogen-bond acceptors (Lipinski definition) is 11. The lowest BCUT2D eigenvalue weighted by molar-refractivity contribution is -0.157. The first-order valence-electron chi connectivity index (χ1n) is 32.7.